The van der Waals surface area contributed by atoms with Crippen LogP contribution >= 0.6 is 9.47 Å². The fourth-order valence-corrected chi connectivity index (χ4v) is 0.204. The fraction of sp³-hybridized carbons (Fsp3) is 0.333. The molecule has 3 heteroatoms. The summed E-state index contributed by atoms with van der Waals surface area (Å²) in [6.45, 7) is 4.03. The normalized spacial score (nSPS) is 6.17. The van der Waals surface area contributed by atoms with Crippen LogP contribution in [0, 0.1) is 0 Å². The first-order chi connectivity index (χ1) is 2.41. The van der Waals surface area contributed by atoms with Gasteiger partial charge in [0.1, 0.15) is 0 Å². The van der Waals surface area contributed by atoms with Gasteiger partial charge in [0.05, 0.1) is 6.61 Å². The van der Waals surface area contributed by atoms with Gasteiger partial charge in [-0.3, -0.25) is 0 Å². The van der Waals surface area contributed by atoms with E-state index in [1.54, 1.807) is 6.08 Å². The Morgan fingerprint density at radius 1 is 2.00 bits per heavy atom. The zero-order chi connectivity index (χ0) is 4.12. The molecule has 0 N–H and O–H groups in total. The summed E-state index contributed by atoms with van der Waals surface area (Å²) < 4.78 is 4.49. The van der Waals surface area contributed by atoms with Crippen molar-refractivity contribution in [3.8, 4) is 0 Å². The van der Waals surface area contributed by atoms with Crippen LogP contribution in [0.2, 0.25) is 0 Å². The predicted octanol–water partition coefficient (Wildman–Crippen LogP) is -1.90. The van der Waals surface area contributed by atoms with Crippen LogP contribution < -0.4 is 29.6 Å². The van der Waals surface area contributed by atoms with Gasteiger partial charge in [-0.2, -0.15) is 0 Å². The Morgan fingerprint density at radius 2 is 2.50 bits per heavy atom. The molecule has 0 radical (unpaired) electrons. The molecule has 0 fully saturated rings. The van der Waals surface area contributed by atoms with Crippen molar-refractivity contribution in [3.63, 3.8) is 0 Å². The second-order valence-corrected chi connectivity index (χ2v) is 0.955. The molecule has 0 amide bonds. The number of hydrogen-bond donors (Lipinski definition) is 0. The molecule has 0 spiro atoms. The van der Waals surface area contributed by atoms with Gasteiger partial charge in [-0.15, -0.1) is 6.58 Å². The molecule has 0 aliphatic rings. The van der Waals surface area contributed by atoms with E-state index < -0.39 is 0 Å². The van der Waals surface area contributed by atoms with Crippen molar-refractivity contribution in [2.24, 2.45) is 0 Å². The van der Waals surface area contributed by atoms with Crippen LogP contribution in [0.25, 0.3) is 0 Å². The third-order valence-electron chi connectivity index (χ3n) is 0.214. The molecule has 6 heavy (non-hydrogen) atoms. The quantitative estimate of drug-likeness (QED) is 0.231. The molecule has 0 saturated heterocycles. The van der Waals surface area contributed by atoms with Crippen LogP contribution in [-0.4, -0.2) is 6.61 Å². The minimum atomic E-state index is 0. The zero-order valence-electron chi connectivity index (χ0n) is 4.98. The van der Waals surface area contributed by atoms with Gasteiger partial charge >= 0.3 is 29.6 Å². The van der Waals surface area contributed by atoms with Crippen molar-refractivity contribution in [1.82, 2.24) is 0 Å². The summed E-state index contributed by atoms with van der Waals surface area (Å²) in [5, 5.41) is 0. The first kappa shape index (κ1) is 10.2. The Labute approximate surface area is 64.2 Å². The minimum absolute atomic E-state index is 0. The first-order valence-electron chi connectivity index (χ1n) is 1.34. The van der Waals surface area contributed by atoms with Crippen LogP contribution in [0.4, 0.5) is 0 Å². The molecule has 0 aromatic rings. The van der Waals surface area contributed by atoms with Gasteiger partial charge in [-0.1, -0.05) is 6.08 Å². The molecule has 0 aliphatic heterocycles. The molecule has 0 heterocycles. The summed E-state index contributed by atoms with van der Waals surface area (Å²) in [6, 6.07) is 0. The molecule has 1 unspecified atom stereocenters. The summed E-state index contributed by atoms with van der Waals surface area (Å²) >= 11 is 0. The van der Waals surface area contributed by atoms with Crippen LogP contribution in [0.15, 0.2) is 12.7 Å². The van der Waals surface area contributed by atoms with Crippen molar-refractivity contribution in [2.45, 2.75) is 0 Å². The van der Waals surface area contributed by atoms with E-state index in [1.807, 2.05) is 0 Å². The molecule has 32 valence electrons. The predicted molar refractivity (Wildman–Crippen MR) is 27.0 cm³/mol. The molecular formula is C3H8NaOP. The van der Waals surface area contributed by atoms with Crippen molar-refractivity contribution < 1.29 is 35.5 Å². The first-order valence-corrected chi connectivity index (χ1v) is 1.81. The molecule has 0 bridgehead atoms. The van der Waals surface area contributed by atoms with E-state index in [0.717, 1.165) is 0 Å². The Hall–Kier alpha value is 1.13. The van der Waals surface area contributed by atoms with Crippen LogP contribution in [0.5, 0.6) is 0 Å². The average Bonchev–Trinajstić information content (AvgIpc) is 1.41. The summed E-state index contributed by atoms with van der Waals surface area (Å²) in [4.78, 5) is 0. The topological polar surface area (TPSA) is 9.23 Å². The van der Waals surface area contributed by atoms with E-state index in [4.69, 9.17) is 0 Å². The third-order valence-corrected chi connectivity index (χ3v) is 0.407. The molecule has 0 aliphatic carbocycles. The van der Waals surface area contributed by atoms with E-state index in [9.17, 15) is 0 Å². The van der Waals surface area contributed by atoms with Gasteiger partial charge in [-0.25, -0.2) is 0 Å². The Bertz CT molecular complexity index is 36.1. The number of hydrogen-bond acceptors (Lipinski definition) is 1. The molecule has 0 aromatic carbocycles. The second-order valence-electron chi connectivity index (χ2n) is 0.622. The Balaban J connectivity index is -0.0000000800. The van der Waals surface area contributed by atoms with Crippen LogP contribution in [0.3, 0.4) is 0 Å². The second kappa shape index (κ2) is 9.46. The molecule has 0 saturated carbocycles. The van der Waals surface area contributed by atoms with Crippen molar-refractivity contribution in [3.05, 3.63) is 12.7 Å². The fourth-order valence-electron chi connectivity index (χ4n) is 0.0680. The van der Waals surface area contributed by atoms with E-state index in [0.29, 0.717) is 6.61 Å². The Kier molecular flexibility index (Phi) is 16.0. The average molecular weight is 114 g/mol. The molecule has 0 aromatic heterocycles. The van der Waals surface area contributed by atoms with Gasteiger partial charge in [0, 0.05) is 9.47 Å². The van der Waals surface area contributed by atoms with Gasteiger partial charge in [0.2, 0.25) is 0 Å². The van der Waals surface area contributed by atoms with Crippen molar-refractivity contribution in [1.29, 1.82) is 0 Å². The van der Waals surface area contributed by atoms with Gasteiger partial charge in [-0.05, 0) is 0 Å². The Morgan fingerprint density at radius 3 is 2.50 bits per heavy atom. The van der Waals surface area contributed by atoms with E-state index in [1.165, 1.54) is 0 Å². The smallest absolute Gasteiger partial charge is 1.00 e. The molecule has 1 nitrogen and oxygen atoms in total. The molecule has 1 atom stereocenters. The third kappa shape index (κ3) is 8.93. The van der Waals surface area contributed by atoms with E-state index in [2.05, 4.69) is 20.6 Å². The van der Waals surface area contributed by atoms with E-state index in [-0.39, 0.29) is 31.0 Å². The summed E-state index contributed by atoms with van der Waals surface area (Å²) in [7, 11) is 2.13. The zero-order valence-corrected chi connectivity index (χ0v) is 7.13. The van der Waals surface area contributed by atoms with Gasteiger partial charge in [0.25, 0.3) is 0 Å². The van der Waals surface area contributed by atoms with Crippen molar-refractivity contribution in [2.75, 3.05) is 6.61 Å². The molecule has 0 rings (SSSR count). The van der Waals surface area contributed by atoms with Crippen molar-refractivity contribution >= 4 is 9.47 Å². The maximum absolute atomic E-state index is 4.49. The van der Waals surface area contributed by atoms with Crippen LogP contribution in [0.1, 0.15) is 1.43 Å². The van der Waals surface area contributed by atoms with Crippen LogP contribution in [-0.2, 0) is 4.52 Å². The number of rotatable bonds is 2. The van der Waals surface area contributed by atoms with Gasteiger partial charge < -0.3 is 5.95 Å². The van der Waals surface area contributed by atoms with E-state index >= 15 is 0 Å². The maximum atomic E-state index is 4.49. The minimum Gasteiger partial charge on any atom is -1.00 e. The maximum Gasteiger partial charge on any atom is 1.00 e. The summed E-state index contributed by atoms with van der Waals surface area (Å²) in [5.41, 5.74) is 0. The monoisotopic (exact) mass is 114 g/mol. The summed E-state index contributed by atoms with van der Waals surface area (Å²) in [5.74, 6) is 0. The standard InChI is InChI=1S/C3H7OP.Na.H/c1-2-3-4-5;;/h2H,1,3,5H2;;/q;+1;-1. The summed E-state index contributed by atoms with van der Waals surface area (Å²) in [6.07, 6.45) is 1.69. The SMILES string of the molecule is C=CCOP.[H-].[Na+]. The largest absolute Gasteiger partial charge is 1.00 e. The van der Waals surface area contributed by atoms with Gasteiger partial charge in [0.15, 0.2) is 0 Å². The molecular weight excluding hydrogens is 106 g/mol.